The molecule has 0 fully saturated rings. The fourth-order valence-electron chi connectivity index (χ4n) is 3.15. The van der Waals surface area contributed by atoms with Crippen LogP contribution in [0.4, 0.5) is 0 Å². The summed E-state index contributed by atoms with van der Waals surface area (Å²) in [6.45, 7) is 3.14. The molecule has 6 nitrogen and oxygen atoms in total. The zero-order valence-corrected chi connectivity index (χ0v) is 15.5. The lowest BCUT2D eigenvalue weighted by atomic mass is 10.2. The summed E-state index contributed by atoms with van der Waals surface area (Å²) in [4.78, 5) is 24.9. The summed E-state index contributed by atoms with van der Waals surface area (Å²) >= 11 is 0. The maximum atomic E-state index is 12.6. The zero-order chi connectivity index (χ0) is 19.7. The third kappa shape index (κ3) is 3.20. The SMILES string of the molecule is Cc1nn(-c2ccccc2)c(C)c1C(=O)OCC(=O)c1cc2ccccc2o1. The van der Waals surface area contributed by atoms with E-state index in [0.717, 1.165) is 11.1 Å². The number of ketones is 1. The van der Waals surface area contributed by atoms with E-state index in [9.17, 15) is 9.59 Å². The average molecular weight is 374 g/mol. The Morgan fingerprint density at radius 1 is 1.04 bits per heavy atom. The number of esters is 1. The molecule has 2 heterocycles. The Morgan fingerprint density at radius 3 is 2.50 bits per heavy atom. The molecule has 0 aliphatic heterocycles. The molecule has 0 saturated carbocycles. The first-order chi connectivity index (χ1) is 13.5. The van der Waals surface area contributed by atoms with Crippen LogP contribution in [0.2, 0.25) is 0 Å². The van der Waals surface area contributed by atoms with Crippen molar-refractivity contribution in [1.82, 2.24) is 9.78 Å². The van der Waals surface area contributed by atoms with Crippen molar-refractivity contribution >= 4 is 22.7 Å². The molecule has 2 aromatic heterocycles. The van der Waals surface area contributed by atoms with Gasteiger partial charge in [0.25, 0.3) is 0 Å². The minimum absolute atomic E-state index is 0.169. The summed E-state index contributed by atoms with van der Waals surface area (Å²) in [6, 6.07) is 18.5. The minimum atomic E-state index is -0.582. The molecule has 0 saturated heterocycles. The fourth-order valence-corrected chi connectivity index (χ4v) is 3.15. The fraction of sp³-hybridized carbons (Fsp3) is 0.136. The van der Waals surface area contributed by atoms with Gasteiger partial charge in [-0.15, -0.1) is 0 Å². The second-order valence-electron chi connectivity index (χ2n) is 6.44. The summed E-state index contributed by atoms with van der Waals surface area (Å²) in [6.07, 6.45) is 0. The highest BCUT2D eigenvalue weighted by atomic mass is 16.5. The van der Waals surface area contributed by atoms with Crippen LogP contribution in [0.25, 0.3) is 16.7 Å². The van der Waals surface area contributed by atoms with E-state index in [4.69, 9.17) is 9.15 Å². The molecule has 6 heteroatoms. The maximum absolute atomic E-state index is 12.6. The van der Waals surface area contributed by atoms with Crippen molar-refractivity contribution in [3.8, 4) is 5.69 Å². The lowest BCUT2D eigenvalue weighted by Gasteiger charge is -2.05. The van der Waals surface area contributed by atoms with Gasteiger partial charge in [-0.2, -0.15) is 5.10 Å². The van der Waals surface area contributed by atoms with E-state index in [0.29, 0.717) is 22.5 Å². The number of carbonyl (C=O) groups excluding carboxylic acids is 2. The molecule has 0 spiro atoms. The van der Waals surface area contributed by atoms with E-state index in [2.05, 4.69) is 5.10 Å². The molecule has 0 unspecified atom stereocenters. The number of furan rings is 1. The Bertz CT molecular complexity index is 1140. The van der Waals surface area contributed by atoms with E-state index < -0.39 is 18.4 Å². The normalized spacial score (nSPS) is 10.9. The zero-order valence-electron chi connectivity index (χ0n) is 15.5. The second-order valence-corrected chi connectivity index (χ2v) is 6.44. The Labute approximate surface area is 161 Å². The Morgan fingerprint density at radius 2 is 1.75 bits per heavy atom. The van der Waals surface area contributed by atoms with Crippen LogP contribution in [0.5, 0.6) is 0 Å². The lowest BCUT2D eigenvalue weighted by molar-refractivity contribution is 0.0467. The molecule has 28 heavy (non-hydrogen) atoms. The van der Waals surface area contributed by atoms with Crippen LogP contribution in [-0.4, -0.2) is 28.1 Å². The number of para-hydroxylation sites is 2. The van der Waals surface area contributed by atoms with Crippen molar-refractivity contribution in [1.29, 1.82) is 0 Å². The van der Waals surface area contributed by atoms with Gasteiger partial charge >= 0.3 is 5.97 Å². The molecule has 0 radical (unpaired) electrons. The van der Waals surface area contributed by atoms with Gasteiger partial charge in [-0.25, -0.2) is 9.48 Å². The van der Waals surface area contributed by atoms with Gasteiger partial charge in [-0.05, 0) is 38.1 Å². The molecular formula is C22H18N2O4. The average Bonchev–Trinajstić information content (AvgIpc) is 3.27. The highest BCUT2D eigenvalue weighted by Crippen LogP contribution is 2.21. The summed E-state index contributed by atoms with van der Waals surface area (Å²) in [5.41, 5.74) is 3.03. The van der Waals surface area contributed by atoms with Crippen molar-refractivity contribution in [3.05, 3.63) is 83.4 Å². The number of benzene rings is 2. The number of nitrogens with zero attached hydrogens (tertiary/aromatic N) is 2. The number of ether oxygens (including phenoxy) is 1. The molecule has 4 rings (SSSR count). The van der Waals surface area contributed by atoms with Gasteiger partial charge in [0.05, 0.1) is 17.1 Å². The summed E-state index contributed by atoms with van der Waals surface area (Å²) in [7, 11) is 0. The van der Waals surface area contributed by atoms with Crippen LogP contribution in [0.1, 0.15) is 32.3 Å². The minimum Gasteiger partial charge on any atom is -0.453 e. The highest BCUT2D eigenvalue weighted by Gasteiger charge is 2.22. The van der Waals surface area contributed by atoms with Crippen LogP contribution in [-0.2, 0) is 4.74 Å². The number of hydrogen-bond donors (Lipinski definition) is 0. The number of aromatic nitrogens is 2. The molecule has 0 aliphatic carbocycles. The number of carbonyl (C=O) groups is 2. The quantitative estimate of drug-likeness (QED) is 0.385. The van der Waals surface area contributed by atoms with Gasteiger partial charge < -0.3 is 9.15 Å². The Balaban J connectivity index is 1.51. The lowest BCUT2D eigenvalue weighted by Crippen LogP contribution is -2.15. The molecule has 0 amide bonds. The van der Waals surface area contributed by atoms with Crippen molar-refractivity contribution in [2.75, 3.05) is 6.61 Å². The van der Waals surface area contributed by atoms with Crippen LogP contribution >= 0.6 is 0 Å². The van der Waals surface area contributed by atoms with E-state index in [-0.39, 0.29) is 5.76 Å². The van der Waals surface area contributed by atoms with Crippen molar-refractivity contribution in [2.24, 2.45) is 0 Å². The first-order valence-electron chi connectivity index (χ1n) is 8.85. The predicted molar refractivity (Wildman–Crippen MR) is 104 cm³/mol. The highest BCUT2D eigenvalue weighted by molar-refractivity contribution is 6.00. The molecule has 0 atom stereocenters. The van der Waals surface area contributed by atoms with E-state index in [1.807, 2.05) is 48.5 Å². The standard InChI is InChI=1S/C22H18N2O4/c1-14-21(15(2)24(23-14)17-9-4-3-5-10-17)22(26)27-13-18(25)20-12-16-8-6-7-11-19(16)28-20/h3-12H,13H2,1-2H3. The summed E-state index contributed by atoms with van der Waals surface area (Å²) in [5.74, 6) is -0.806. The molecule has 4 aromatic rings. The largest absolute Gasteiger partial charge is 0.453 e. The molecule has 0 N–H and O–H groups in total. The second kappa shape index (κ2) is 7.15. The van der Waals surface area contributed by atoms with E-state index in [1.165, 1.54) is 0 Å². The van der Waals surface area contributed by atoms with Crippen LogP contribution in [0.15, 0.2) is 65.1 Å². The first-order valence-corrected chi connectivity index (χ1v) is 8.85. The Kier molecular flexibility index (Phi) is 4.53. The van der Waals surface area contributed by atoms with Gasteiger partial charge in [-0.3, -0.25) is 4.79 Å². The number of fused-ring (bicyclic) bond motifs is 1. The number of rotatable bonds is 5. The van der Waals surface area contributed by atoms with Crippen molar-refractivity contribution in [3.63, 3.8) is 0 Å². The summed E-state index contributed by atoms with van der Waals surface area (Å²) in [5, 5.41) is 5.25. The van der Waals surface area contributed by atoms with Crippen molar-refractivity contribution in [2.45, 2.75) is 13.8 Å². The Hall–Kier alpha value is -3.67. The van der Waals surface area contributed by atoms with E-state index >= 15 is 0 Å². The number of Topliss-reactive ketones (excluding diaryl/α,β-unsaturated/α-hetero) is 1. The first kappa shape index (κ1) is 17.7. The van der Waals surface area contributed by atoms with Gasteiger partial charge in [0.2, 0.25) is 5.78 Å². The third-order valence-electron chi connectivity index (χ3n) is 4.53. The number of aryl methyl sites for hydroxylation is 1. The van der Waals surface area contributed by atoms with Gasteiger partial charge in [0.15, 0.2) is 12.4 Å². The summed E-state index contributed by atoms with van der Waals surface area (Å²) < 4.78 is 12.5. The molecule has 0 bridgehead atoms. The topological polar surface area (TPSA) is 74.3 Å². The predicted octanol–water partition coefficient (Wildman–Crippen LogP) is 4.28. The van der Waals surface area contributed by atoms with Gasteiger partial charge in [0, 0.05) is 5.39 Å². The van der Waals surface area contributed by atoms with Crippen LogP contribution in [0, 0.1) is 13.8 Å². The number of hydrogen-bond acceptors (Lipinski definition) is 5. The van der Waals surface area contributed by atoms with Crippen molar-refractivity contribution < 1.29 is 18.7 Å². The monoisotopic (exact) mass is 374 g/mol. The van der Waals surface area contributed by atoms with E-state index in [1.54, 1.807) is 30.7 Å². The molecule has 2 aromatic carbocycles. The van der Waals surface area contributed by atoms with Gasteiger partial charge in [0.1, 0.15) is 11.1 Å². The maximum Gasteiger partial charge on any atom is 0.342 e. The van der Waals surface area contributed by atoms with Crippen LogP contribution in [0.3, 0.4) is 0 Å². The van der Waals surface area contributed by atoms with Crippen LogP contribution < -0.4 is 0 Å². The van der Waals surface area contributed by atoms with Gasteiger partial charge in [-0.1, -0.05) is 36.4 Å². The molecule has 140 valence electrons. The smallest absolute Gasteiger partial charge is 0.342 e. The molecular weight excluding hydrogens is 356 g/mol. The third-order valence-corrected chi connectivity index (χ3v) is 4.53. The molecule has 0 aliphatic rings.